The lowest BCUT2D eigenvalue weighted by Crippen LogP contribution is -2.70. The molecular weight excluding hydrogens is 520 g/mol. The van der Waals surface area contributed by atoms with Crippen molar-refractivity contribution in [1.29, 1.82) is 0 Å². The topological polar surface area (TPSA) is 34.1 Å². The van der Waals surface area contributed by atoms with Crippen LogP contribution in [0, 0.1) is 23.7 Å². The Morgan fingerprint density at radius 3 is 1.35 bits per heavy atom. The minimum Gasteiger partial charge on any atom is -0.289 e. The van der Waals surface area contributed by atoms with E-state index >= 15 is 0 Å². The van der Waals surface area contributed by atoms with E-state index < -0.39 is 8.65 Å². The summed E-state index contributed by atoms with van der Waals surface area (Å²) in [6.07, 6.45) is 8.60. The first-order valence-corrected chi connectivity index (χ1v) is 9.41. The van der Waals surface area contributed by atoms with Crippen LogP contribution in [-0.2, 0) is 9.59 Å². The molecule has 0 aromatic rings. The molecule has 6 rings (SSSR count). The predicted molar refractivity (Wildman–Crippen MR) is 90.5 cm³/mol. The molecule has 0 aromatic carbocycles. The van der Waals surface area contributed by atoms with Gasteiger partial charge in [0.1, 0.15) is 8.65 Å². The number of ketones is 2. The standard InChI is InChI=1S/C14H8Br4O2/c15-9-10(16)14(18)8-6-2-1-5(3-4-6)7(8)13(9,17)11(19)12(14)20/h1-8H/t5?,6?,7-,8+,13-,14+. The Morgan fingerprint density at radius 1 is 0.750 bits per heavy atom. The van der Waals surface area contributed by atoms with E-state index in [-0.39, 0.29) is 35.2 Å². The smallest absolute Gasteiger partial charge is 0.222 e. The monoisotopic (exact) mass is 524 g/mol. The number of fused-ring (bicyclic) bond motifs is 1. The molecule has 0 heterocycles. The van der Waals surface area contributed by atoms with Crippen LogP contribution >= 0.6 is 63.7 Å². The fourth-order valence-corrected chi connectivity index (χ4v) is 8.05. The second-order valence-electron chi connectivity index (χ2n) is 5.69. The molecule has 104 valence electrons. The van der Waals surface area contributed by atoms with E-state index in [4.69, 9.17) is 0 Å². The van der Waals surface area contributed by atoms with E-state index in [1.54, 1.807) is 0 Å². The summed E-state index contributed by atoms with van der Waals surface area (Å²) in [6.45, 7) is 0. The van der Waals surface area contributed by atoms with E-state index in [1.807, 2.05) is 0 Å². The van der Waals surface area contributed by atoms with Crippen LogP contribution in [0.5, 0.6) is 0 Å². The van der Waals surface area contributed by atoms with Crippen LogP contribution in [-0.4, -0.2) is 20.2 Å². The highest BCUT2D eigenvalue weighted by Gasteiger charge is 2.73. The molecule has 0 aromatic heterocycles. The van der Waals surface area contributed by atoms with Crippen LogP contribution in [0.15, 0.2) is 33.3 Å². The molecule has 0 saturated heterocycles. The highest BCUT2D eigenvalue weighted by molar-refractivity contribution is 9.16. The fourth-order valence-electron chi connectivity index (χ4n) is 4.07. The van der Waals surface area contributed by atoms with E-state index in [0.29, 0.717) is 0 Å². The second kappa shape index (κ2) is 4.06. The number of alkyl halides is 2. The Labute approximate surface area is 149 Å². The minimum absolute atomic E-state index is 0.0442. The zero-order valence-electron chi connectivity index (χ0n) is 9.95. The van der Waals surface area contributed by atoms with E-state index in [1.165, 1.54) is 0 Å². The van der Waals surface area contributed by atoms with Gasteiger partial charge in [0, 0.05) is 32.6 Å². The number of carbonyl (C=O) groups is 2. The summed E-state index contributed by atoms with van der Waals surface area (Å²) >= 11 is 14.3. The maximum absolute atomic E-state index is 12.6. The lowest BCUT2D eigenvalue weighted by Gasteiger charge is -2.60. The normalized spacial score (nSPS) is 52.0. The fraction of sp³-hybridized carbons (Fsp3) is 0.429. The SMILES string of the molecule is O=C1C(=O)[C@@]2(Br)C(Br)=C(Br)[C@]1(Br)[C@@H]1C3C=CC(C=C3)[C@@H]12. The molecular formula is C14H8Br4O2. The number of allylic oxidation sites excluding steroid dienone is 6. The van der Waals surface area contributed by atoms with Gasteiger partial charge < -0.3 is 0 Å². The van der Waals surface area contributed by atoms with Crippen molar-refractivity contribution >= 4 is 75.3 Å². The Kier molecular flexibility index (Phi) is 2.86. The second-order valence-corrected chi connectivity index (χ2v) is 9.77. The third-order valence-electron chi connectivity index (χ3n) is 4.94. The minimum atomic E-state index is -0.943. The summed E-state index contributed by atoms with van der Waals surface area (Å²) < 4.78 is -0.410. The maximum atomic E-state index is 12.6. The zero-order valence-corrected chi connectivity index (χ0v) is 16.3. The van der Waals surface area contributed by atoms with Crippen molar-refractivity contribution in [2.24, 2.45) is 23.7 Å². The lowest BCUT2D eigenvalue weighted by molar-refractivity contribution is -0.145. The Bertz CT molecular complexity index is 596. The summed E-state index contributed by atoms with van der Waals surface area (Å²) in [5.74, 6) is -0.288. The predicted octanol–water partition coefficient (Wildman–Crippen LogP) is 4.03. The van der Waals surface area contributed by atoms with Gasteiger partial charge in [-0.15, -0.1) is 0 Å². The molecule has 1 saturated carbocycles. The van der Waals surface area contributed by atoms with Crippen molar-refractivity contribution in [3.8, 4) is 0 Å². The Hall–Kier alpha value is 0.480. The van der Waals surface area contributed by atoms with Gasteiger partial charge in [-0.1, -0.05) is 88.0 Å². The largest absolute Gasteiger partial charge is 0.289 e. The molecule has 6 aliphatic carbocycles. The lowest BCUT2D eigenvalue weighted by atomic mass is 9.50. The van der Waals surface area contributed by atoms with E-state index in [2.05, 4.69) is 88.0 Å². The van der Waals surface area contributed by atoms with Crippen molar-refractivity contribution < 1.29 is 9.59 Å². The van der Waals surface area contributed by atoms with Crippen LogP contribution in [0.25, 0.3) is 0 Å². The van der Waals surface area contributed by atoms with Crippen molar-refractivity contribution in [2.75, 3.05) is 0 Å². The molecule has 0 unspecified atom stereocenters. The summed E-state index contributed by atoms with van der Waals surface area (Å²) in [6, 6.07) is 0. The molecule has 2 nitrogen and oxygen atoms in total. The van der Waals surface area contributed by atoms with Gasteiger partial charge in [0.15, 0.2) is 0 Å². The molecule has 20 heavy (non-hydrogen) atoms. The van der Waals surface area contributed by atoms with Crippen LogP contribution < -0.4 is 0 Å². The number of Topliss-reactive ketones (excluding diaryl/α,β-unsaturated/α-hetero) is 2. The van der Waals surface area contributed by atoms with Gasteiger partial charge in [0.05, 0.1) is 0 Å². The van der Waals surface area contributed by atoms with Crippen molar-refractivity contribution in [2.45, 2.75) is 8.65 Å². The summed E-state index contributed by atoms with van der Waals surface area (Å²) in [4.78, 5) is 25.3. The average Bonchev–Trinajstić information content (AvgIpc) is 2.48. The average molecular weight is 528 g/mol. The number of rotatable bonds is 0. The third-order valence-corrected chi connectivity index (χ3v) is 11.2. The van der Waals surface area contributed by atoms with E-state index in [9.17, 15) is 9.59 Å². The van der Waals surface area contributed by atoms with Gasteiger partial charge in [0.2, 0.25) is 11.6 Å². The number of hydrogen-bond donors (Lipinski definition) is 0. The molecule has 6 heteroatoms. The highest BCUT2D eigenvalue weighted by atomic mass is 79.9. The molecule has 1 fully saturated rings. The number of halogens is 4. The quantitative estimate of drug-likeness (QED) is 0.271. The summed E-state index contributed by atoms with van der Waals surface area (Å²) in [5, 5.41) is 0. The van der Waals surface area contributed by atoms with E-state index in [0.717, 1.165) is 8.96 Å². The van der Waals surface area contributed by atoms with Gasteiger partial charge in [-0.05, 0) is 0 Å². The van der Waals surface area contributed by atoms with Crippen molar-refractivity contribution in [1.82, 2.24) is 0 Å². The van der Waals surface area contributed by atoms with Gasteiger partial charge in [-0.3, -0.25) is 9.59 Å². The van der Waals surface area contributed by atoms with Gasteiger partial charge in [-0.2, -0.15) is 0 Å². The number of hydrogen-bond acceptors (Lipinski definition) is 2. The third kappa shape index (κ3) is 1.28. The molecule has 0 radical (unpaired) electrons. The van der Waals surface area contributed by atoms with Crippen LogP contribution in [0.1, 0.15) is 0 Å². The molecule has 0 aliphatic heterocycles. The molecule has 6 aliphatic rings. The highest BCUT2D eigenvalue weighted by Crippen LogP contribution is 2.68. The van der Waals surface area contributed by atoms with Crippen LogP contribution in [0.4, 0.5) is 0 Å². The van der Waals surface area contributed by atoms with Crippen molar-refractivity contribution in [3.63, 3.8) is 0 Å². The molecule has 0 N–H and O–H groups in total. The zero-order chi connectivity index (χ0) is 14.4. The van der Waals surface area contributed by atoms with Gasteiger partial charge >= 0.3 is 0 Å². The maximum Gasteiger partial charge on any atom is 0.222 e. The molecule has 4 atom stereocenters. The molecule has 0 spiro atoms. The van der Waals surface area contributed by atoms with Gasteiger partial charge in [0.25, 0.3) is 0 Å². The number of carbonyl (C=O) groups excluding carboxylic acids is 2. The van der Waals surface area contributed by atoms with Crippen LogP contribution in [0.3, 0.4) is 0 Å². The first-order chi connectivity index (χ1) is 9.34. The Morgan fingerprint density at radius 2 is 1.05 bits per heavy atom. The first-order valence-electron chi connectivity index (χ1n) is 6.24. The molecule has 0 amide bonds. The molecule has 4 bridgehead atoms. The van der Waals surface area contributed by atoms with Gasteiger partial charge in [-0.25, -0.2) is 0 Å². The van der Waals surface area contributed by atoms with Crippen LogP contribution in [0.2, 0.25) is 0 Å². The first kappa shape index (κ1) is 14.1. The Balaban J connectivity index is 2.08. The summed E-state index contributed by atoms with van der Waals surface area (Å²) in [5.41, 5.74) is 0. The summed E-state index contributed by atoms with van der Waals surface area (Å²) in [7, 11) is 0. The van der Waals surface area contributed by atoms with Crippen molar-refractivity contribution in [3.05, 3.63) is 33.3 Å².